The zero-order valence-corrected chi connectivity index (χ0v) is 12.7. The van der Waals surface area contributed by atoms with Gasteiger partial charge in [0, 0.05) is 37.1 Å². The molecule has 1 N–H and O–H groups in total. The van der Waals surface area contributed by atoms with Gasteiger partial charge in [-0.05, 0) is 24.6 Å². The molecule has 5 heteroatoms. The average Bonchev–Trinajstić information content (AvgIpc) is 2.38. The topological polar surface area (TPSA) is 49.4 Å². The molecule has 0 saturated heterocycles. The first-order chi connectivity index (χ1) is 9.52. The van der Waals surface area contributed by atoms with Crippen LogP contribution in [0.5, 0.6) is 0 Å². The minimum Gasteiger partial charge on any atom is -0.342 e. The van der Waals surface area contributed by atoms with E-state index in [1.807, 2.05) is 0 Å². The van der Waals surface area contributed by atoms with Gasteiger partial charge in [-0.3, -0.25) is 9.59 Å². The quantitative estimate of drug-likeness (QED) is 0.839. The highest BCUT2D eigenvalue weighted by atomic mass is 35.5. The molecule has 1 rings (SSSR count). The number of anilines is 1. The Balaban J connectivity index is 2.43. The van der Waals surface area contributed by atoms with Crippen molar-refractivity contribution in [3.8, 4) is 0 Å². The number of rotatable bonds is 7. The predicted molar refractivity (Wildman–Crippen MR) is 81.9 cm³/mol. The Morgan fingerprint density at radius 1 is 1.30 bits per heavy atom. The molecule has 0 unspecified atom stereocenters. The minimum absolute atomic E-state index is 0.00834. The molecule has 0 aliphatic carbocycles. The second-order valence-corrected chi connectivity index (χ2v) is 5.10. The van der Waals surface area contributed by atoms with Crippen molar-refractivity contribution >= 4 is 29.1 Å². The fraction of sp³-hybridized carbons (Fsp3) is 0.467. The summed E-state index contributed by atoms with van der Waals surface area (Å²) in [6.07, 6.45) is 2.27. The average molecular weight is 297 g/mol. The molecule has 0 atom stereocenters. The Labute approximate surface area is 125 Å². The SMILES string of the molecule is CCCCN(CCC(=O)Nc1cccc(Cl)c1)C(C)=O. The standard InChI is InChI=1S/C15H21ClN2O2/c1-3-4-9-18(12(2)19)10-8-15(20)17-14-7-5-6-13(16)11-14/h5-7,11H,3-4,8-10H2,1-2H3,(H,17,20). The van der Waals surface area contributed by atoms with Gasteiger partial charge in [-0.2, -0.15) is 0 Å². The lowest BCUT2D eigenvalue weighted by Gasteiger charge is -2.20. The summed E-state index contributed by atoms with van der Waals surface area (Å²) >= 11 is 5.85. The van der Waals surface area contributed by atoms with Gasteiger partial charge in [0.05, 0.1) is 0 Å². The first-order valence-electron chi connectivity index (χ1n) is 6.84. The van der Waals surface area contributed by atoms with Gasteiger partial charge >= 0.3 is 0 Å². The molecule has 0 aromatic heterocycles. The van der Waals surface area contributed by atoms with Crippen LogP contribution in [0.2, 0.25) is 5.02 Å². The summed E-state index contributed by atoms with van der Waals surface area (Å²) in [7, 11) is 0. The number of amides is 2. The van der Waals surface area contributed by atoms with E-state index in [1.54, 1.807) is 29.2 Å². The summed E-state index contributed by atoms with van der Waals surface area (Å²) in [5, 5.41) is 3.35. The Bertz CT molecular complexity index is 463. The van der Waals surface area contributed by atoms with Gasteiger partial charge in [0.15, 0.2) is 0 Å². The molecule has 0 heterocycles. The van der Waals surface area contributed by atoms with Crippen molar-refractivity contribution in [2.45, 2.75) is 33.1 Å². The Kier molecular flexibility index (Phi) is 7.09. The maximum atomic E-state index is 11.8. The number of hydrogen-bond acceptors (Lipinski definition) is 2. The largest absolute Gasteiger partial charge is 0.342 e. The Morgan fingerprint density at radius 3 is 2.65 bits per heavy atom. The first kappa shape index (κ1) is 16.5. The lowest BCUT2D eigenvalue weighted by Crippen LogP contribution is -2.32. The Hall–Kier alpha value is -1.55. The van der Waals surface area contributed by atoms with E-state index in [9.17, 15) is 9.59 Å². The van der Waals surface area contributed by atoms with Crippen LogP contribution in [0.15, 0.2) is 24.3 Å². The van der Waals surface area contributed by atoms with Gasteiger partial charge in [-0.25, -0.2) is 0 Å². The zero-order chi connectivity index (χ0) is 15.0. The highest BCUT2D eigenvalue weighted by molar-refractivity contribution is 6.30. The van der Waals surface area contributed by atoms with Gasteiger partial charge < -0.3 is 10.2 Å². The van der Waals surface area contributed by atoms with Gasteiger partial charge in [0.1, 0.15) is 0 Å². The highest BCUT2D eigenvalue weighted by Gasteiger charge is 2.10. The second kappa shape index (κ2) is 8.59. The summed E-state index contributed by atoms with van der Waals surface area (Å²) in [4.78, 5) is 25.0. The third-order valence-corrected chi connectivity index (χ3v) is 3.18. The number of nitrogens with one attached hydrogen (secondary N) is 1. The lowest BCUT2D eigenvalue weighted by atomic mass is 10.2. The molecule has 0 aliphatic rings. The number of benzene rings is 1. The minimum atomic E-state index is -0.116. The zero-order valence-electron chi connectivity index (χ0n) is 12.0. The molecule has 0 fully saturated rings. The highest BCUT2D eigenvalue weighted by Crippen LogP contribution is 2.15. The third-order valence-electron chi connectivity index (χ3n) is 2.94. The molecule has 0 aliphatic heterocycles. The smallest absolute Gasteiger partial charge is 0.226 e. The number of hydrogen-bond donors (Lipinski definition) is 1. The number of unbranched alkanes of at least 4 members (excludes halogenated alkanes) is 1. The van der Waals surface area contributed by atoms with Gasteiger partial charge in [-0.1, -0.05) is 31.0 Å². The van der Waals surface area contributed by atoms with Crippen molar-refractivity contribution in [2.24, 2.45) is 0 Å². The molecule has 0 saturated carbocycles. The van der Waals surface area contributed by atoms with Crippen LogP contribution in [0.1, 0.15) is 33.1 Å². The lowest BCUT2D eigenvalue weighted by molar-refractivity contribution is -0.129. The van der Waals surface area contributed by atoms with Crippen LogP contribution in [-0.2, 0) is 9.59 Å². The van der Waals surface area contributed by atoms with Crippen molar-refractivity contribution in [3.63, 3.8) is 0 Å². The summed E-state index contributed by atoms with van der Waals surface area (Å²) in [5.41, 5.74) is 0.672. The maximum Gasteiger partial charge on any atom is 0.226 e. The van der Waals surface area contributed by atoms with Crippen molar-refractivity contribution in [1.82, 2.24) is 4.90 Å². The van der Waals surface area contributed by atoms with E-state index >= 15 is 0 Å². The van der Waals surface area contributed by atoms with Crippen LogP contribution >= 0.6 is 11.6 Å². The van der Waals surface area contributed by atoms with Crippen LogP contribution in [0.3, 0.4) is 0 Å². The third kappa shape index (κ3) is 6.06. The monoisotopic (exact) mass is 296 g/mol. The van der Waals surface area contributed by atoms with E-state index in [0.29, 0.717) is 23.8 Å². The molecule has 0 spiro atoms. The second-order valence-electron chi connectivity index (χ2n) is 4.67. The summed E-state index contributed by atoms with van der Waals surface area (Å²) < 4.78 is 0. The molecule has 1 aromatic rings. The molecular weight excluding hydrogens is 276 g/mol. The van der Waals surface area contributed by atoms with Crippen molar-refractivity contribution in [1.29, 1.82) is 0 Å². The number of halogens is 1. The van der Waals surface area contributed by atoms with Crippen LogP contribution in [0.4, 0.5) is 5.69 Å². The molecule has 0 bridgehead atoms. The van der Waals surface area contributed by atoms with E-state index < -0.39 is 0 Å². The van der Waals surface area contributed by atoms with Gasteiger partial charge in [0.2, 0.25) is 11.8 Å². The van der Waals surface area contributed by atoms with Crippen LogP contribution in [-0.4, -0.2) is 29.8 Å². The molecule has 110 valence electrons. The van der Waals surface area contributed by atoms with E-state index in [1.165, 1.54) is 6.92 Å². The number of nitrogens with zero attached hydrogens (tertiary/aromatic N) is 1. The molecule has 0 radical (unpaired) electrons. The van der Waals surface area contributed by atoms with E-state index in [0.717, 1.165) is 12.8 Å². The number of carbonyl (C=O) groups excluding carboxylic acids is 2. The van der Waals surface area contributed by atoms with Crippen molar-refractivity contribution < 1.29 is 9.59 Å². The Morgan fingerprint density at radius 2 is 2.05 bits per heavy atom. The number of carbonyl (C=O) groups is 2. The molecule has 1 aromatic carbocycles. The van der Waals surface area contributed by atoms with E-state index in [4.69, 9.17) is 11.6 Å². The molecule has 4 nitrogen and oxygen atoms in total. The van der Waals surface area contributed by atoms with Crippen molar-refractivity contribution in [3.05, 3.63) is 29.3 Å². The summed E-state index contributed by atoms with van der Waals surface area (Å²) in [5.74, 6) is -0.107. The summed E-state index contributed by atoms with van der Waals surface area (Å²) in [6.45, 7) is 4.76. The van der Waals surface area contributed by atoms with Gasteiger partial charge in [0.25, 0.3) is 0 Å². The van der Waals surface area contributed by atoms with E-state index in [2.05, 4.69) is 12.2 Å². The normalized spacial score (nSPS) is 10.2. The first-order valence-corrected chi connectivity index (χ1v) is 7.21. The molecular formula is C15H21ClN2O2. The fourth-order valence-corrected chi connectivity index (χ4v) is 1.99. The van der Waals surface area contributed by atoms with Crippen LogP contribution < -0.4 is 5.32 Å². The van der Waals surface area contributed by atoms with Crippen LogP contribution in [0, 0.1) is 0 Å². The molecule has 20 heavy (non-hydrogen) atoms. The van der Waals surface area contributed by atoms with E-state index in [-0.39, 0.29) is 18.2 Å². The maximum absolute atomic E-state index is 11.8. The van der Waals surface area contributed by atoms with Crippen LogP contribution in [0.25, 0.3) is 0 Å². The van der Waals surface area contributed by atoms with Crippen molar-refractivity contribution in [2.75, 3.05) is 18.4 Å². The fourth-order valence-electron chi connectivity index (χ4n) is 1.80. The molecule has 2 amide bonds. The predicted octanol–water partition coefficient (Wildman–Crippen LogP) is 3.32. The summed E-state index contributed by atoms with van der Waals surface area (Å²) in [6, 6.07) is 7.00. The van der Waals surface area contributed by atoms with Gasteiger partial charge in [-0.15, -0.1) is 0 Å².